The number of primary amides is 1. The zero-order valence-electron chi connectivity index (χ0n) is 6.03. The van der Waals surface area contributed by atoms with Gasteiger partial charge in [0.05, 0.1) is 13.2 Å². The summed E-state index contributed by atoms with van der Waals surface area (Å²) in [5.41, 5.74) is 5.04. The Morgan fingerprint density at radius 3 is 2.60 bits per heavy atom. The molecule has 1 rings (SSSR count). The molecule has 0 unspecified atom stereocenters. The van der Waals surface area contributed by atoms with Gasteiger partial charge in [0.15, 0.2) is 0 Å². The van der Waals surface area contributed by atoms with Gasteiger partial charge in [0, 0.05) is 6.92 Å². The summed E-state index contributed by atoms with van der Waals surface area (Å²) in [5, 5.41) is 0. The number of imidazole rings is 1. The quantitative estimate of drug-likeness (QED) is 0.487. The lowest BCUT2D eigenvalue weighted by atomic mass is 10.7. The summed E-state index contributed by atoms with van der Waals surface area (Å²) in [4.78, 5) is 10.6. The monoisotopic (exact) mass is 140 g/mol. The van der Waals surface area contributed by atoms with E-state index in [-0.39, 0.29) is 0 Å². The number of nitrogens with zero attached hydrogens (tertiary/aromatic N) is 2. The fourth-order valence-corrected chi connectivity index (χ4v) is 0.785. The van der Waals surface area contributed by atoms with Gasteiger partial charge in [-0.3, -0.25) is 10.3 Å². The Labute approximate surface area is 58.9 Å². The molecule has 54 valence electrons. The van der Waals surface area contributed by atoms with Crippen molar-refractivity contribution in [3.8, 4) is 0 Å². The number of hydrogen-bond donors (Lipinski definition) is 1. The second kappa shape index (κ2) is 2.13. The Morgan fingerprint density at radius 2 is 2.40 bits per heavy atom. The number of hydrogen-bond acceptors (Lipinski definition) is 1. The molecule has 0 spiro atoms. The average Bonchev–Trinajstić information content (AvgIpc) is 2.14. The van der Waals surface area contributed by atoms with Crippen LogP contribution in [0.1, 0.15) is 5.82 Å². The average molecular weight is 140 g/mol. The maximum Gasteiger partial charge on any atom is 0.438 e. The van der Waals surface area contributed by atoms with Crippen LogP contribution in [0.3, 0.4) is 0 Å². The van der Waals surface area contributed by atoms with Crippen molar-refractivity contribution in [2.45, 2.75) is 6.92 Å². The highest BCUT2D eigenvalue weighted by atomic mass is 16.2. The number of nitrogens with two attached hydrogens (primary N) is 1. The Kier molecular flexibility index (Phi) is 1.45. The largest absolute Gasteiger partial charge is 0.438 e. The first-order chi connectivity index (χ1) is 4.63. The topological polar surface area (TPSA) is 51.9 Å². The molecule has 10 heavy (non-hydrogen) atoms. The van der Waals surface area contributed by atoms with Gasteiger partial charge in [-0.25, -0.2) is 4.79 Å². The second-order valence-corrected chi connectivity index (χ2v) is 2.16. The van der Waals surface area contributed by atoms with E-state index in [1.807, 2.05) is 18.5 Å². The molecule has 0 atom stereocenters. The van der Waals surface area contributed by atoms with Crippen LogP contribution in [-0.2, 0) is 7.05 Å². The van der Waals surface area contributed by atoms with E-state index in [9.17, 15) is 4.79 Å². The molecule has 0 fully saturated rings. The standard InChI is InChI=1S/C6H9N3O/c1-5-8(2)3-4-9(5)6(7)10/h3-4H,1-2H3,(H-,7,10)/p+1. The van der Waals surface area contributed by atoms with Crippen molar-refractivity contribution in [3.63, 3.8) is 0 Å². The number of amides is 1. The summed E-state index contributed by atoms with van der Waals surface area (Å²) < 4.78 is 3.21. The highest BCUT2D eigenvalue weighted by Crippen LogP contribution is 1.86. The predicted octanol–water partition coefficient (Wildman–Crippen LogP) is -0.452. The lowest BCUT2D eigenvalue weighted by Crippen LogP contribution is -2.48. The maximum absolute atomic E-state index is 10.6. The third-order valence-electron chi connectivity index (χ3n) is 1.54. The fraction of sp³-hybridized carbons (Fsp3) is 0.333. The van der Waals surface area contributed by atoms with E-state index >= 15 is 0 Å². The van der Waals surface area contributed by atoms with Crippen molar-refractivity contribution < 1.29 is 9.36 Å². The molecular weight excluding hydrogens is 130 g/mol. The summed E-state index contributed by atoms with van der Waals surface area (Å²) >= 11 is 0. The molecule has 0 aliphatic heterocycles. The summed E-state index contributed by atoms with van der Waals surface area (Å²) in [7, 11) is 1.86. The first-order valence-electron chi connectivity index (χ1n) is 2.96. The van der Waals surface area contributed by atoms with Gasteiger partial charge in [0.2, 0.25) is 5.82 Å². The number of aromatic nitrogens is 2. The summed E-state index contributed by atoms with van der Waals surface area (Å²) in [6, 6.07) is -0.446. The minimum absolute atomic E-state index is 0.446. The Balaban J connectivity index is 3.17. The van der Waals surface area contributed by atoms with Crippen LogP contribution < -0.4 is 10.3 Å². The molecule has 0 bridgehead atoms. The lowest BCUT2D eigenvalue weighted by Gasteiger charge is -1.90. The minimum atomic E-state index is -0.446. The number of carbonyl (C=O) groups is 1. The molecule has 4 heteroatoms. The minimum Gasteiger partial charge on any atom is -0.283 e. The van der Waals surface area contributed by atoms with E-state index in [1.54, 1.807) is 12.4 Å². The van der Waals surface area contributed by atoms with Crippen molar-refractivity contribution >= 4 is 6.03 Å². The number of rotatable bonds is 0. The van der Waals surface area contributed by atoms with E-state index in [0.29, 0.717) is 0 Å². The molecule has 1 aromatic heterocycles. The zero-order valence-corrected chi connectivity index (χ0v) is 6.03. The molecule has 0 aromatic carbocycles. The van der Waals surface area contributed by atoms with Crippen LogP contribution in [0.25, 0.3) is 0 Å². The van der Waals surface area contributed by atoms with Crippen LogP contribution in [0.2, 0.25) is 0 Å². The van der Waals surface area contributed by atoms with Crippen molar-refractivity contribution in [3.05, 3.63) is 18.2 Å². The highest BCUT2D eigenvalue weighted by molar-refractivity contribution is 5.61. The molecule has 0 aliphatic carbocycles. The van der Waals surface area contributed by atoms with Crippen LogP contribution in [0.15, 0.2) is 12.4 Å². The normalized spacial score (nSPS) is 9.80. The van der Waals surface area contributed by atoms with Crippen LogP contribution in [0.5, 0.6) is 0 Å². The molecule has 1 amide bonds. The Hall–Kier alpha value is -1.32. The van der Waals surface area contributed by atoms with E-state index in [4.69, 9.17) is 5.73 Å². The van der Waals surface area contributed by atoms with Crippen molar-refractivity contribution in [2.75, 3.05) is 0 Å². The summed E-state index contributed by atoms with van der Waals surface area (Å²) in [6.07, 6.45) is 3.41. The lowest BCUT2D eigenvalue weighted by molar-refractivity contribution is -0.576. The van der Waals surface area contributed by atoms with E-state index in [2.05, 4.69) is 0 Å². The van der Waals surface area contributed by atoms with Crippen LogP contribution in [0, 0.1) is 6.92 Å². The van der Waals surface area contributed by atoms with Gasteiger partial charge in [0.25, 0.3) is 0 Å². The molecule has 1 heterocycles. The number of carbonyl (C=O) groups excluding carboxylic acids is 1. The van der Waals surface area contributed by atoms with Crippen molar-refractivity contribution in [2.24, 2.45) is 12.8 Å². The van der Waals surface area contributed by atoms with Crippen LogP contribution in [0.4, 0.5) is 4.79 Å². The maximum atomic E-state index is 10.6. The predicted molar refractivity (Wildman–Crippen MR) is 35.3 cm³/mol. The fourth-order valence-electron chi connectivity index (χ4n) is 0.785. The first-order valence-corrected chi connectivity index (χ1v) is 2.96. The molecule has 0 saturated heterocycles. The van der Waals surface area contributed by atoms with Gasteiger partial charge >= 0.3 is 6.03 Å². The zero-order chi connectivity index (χ0) is 7.72. The van der Waals surface area contributed by atoms with Crippen molar-refractivity contribution in [1.82, 2.24) is 4.57 Å². The Bertz CT molecular complexity index is 264. The Morgan fingerprint density at radius 1 is 1.80 bits per heavy atom. The first kappa shape index (κ1) is 6.80. The summed E-state index contributed by atoms with van der Waals surface area (Å²) in [6.45, 7) is 1.82. The van der Waals surface area contributed by atoms with Gasteiger partial charge in [-0.2, -0.15) is 4.57 Å². The SMILES string of the molecule is Cc1n(C)cc[n+]1C(N)=O. The van der Waals surface area contributed by atoms with Crippen molar-refractivity contribution in [1.29, 1.82) is 0 Å². The van der Waals surface area contributed by atoms with Crippen LogP contribution in [-0.4, -0.2) is 10.6 Å². The molecule has 4 nitrogen and oxygen atoms in total. The summed E-state index contributed by atoms with van der Waals surface area (Å²) in [5.74, 6) is 0.826. The third-order valence-corrected chi connectivity index (χ3v) is 1.54. The molecule has 0 radical (unpaired) electrons. The second-order valence-electron chi connectivity index (χ2n) is 2.16. The van der Waals surface area contributed by atoms with Gasteiger partial charge in [-0.15, -0.1) is 0 Å². The third kappa shape index (κ3) is 0.877. The molecule has 0 aliphatic rings. The van der Waals surface area contributed by atoms with E-state index in [0.717, 1.165) is 5.82 Å². The molecule has 2 N–H and O–H groups in total. The van der Waals surface area contributed by atoms with E-state index < -0.39 is 6.03 Å². The van der Waals surface area contributed by atoms with Gasteiger partial charge in [-0.1, -0.05) is 0 Å². The van der Waals surface area contributed by atoms with Gasteiger partial charge < -0.3 is 0 Å². The van der Waals surface area contributed by atoms with Gasteiger partial charge in [0.1, 0.15) is 6.20 Å². The highest BCUT2D eigenvalue weighted by Gasteiger charge is 2.10. The molecule has 1 aromatic rings. The molecule has 0 saturated carbocycles. The van der Waals surface area contributed by atoms with Gasteiger partial charge in [-0.05, 0) is 0 Å². The molecular formula is C6H10N3O+. The van der Waals surface area contributed by atoms with Crippen LogP contribution >= 0.6 is 0 Å². The smallest absolute Gasteiger partial charge is 0.283 e. The number of aryl methyl sites for hydroxylation is 1. The van der Waals surface area contributed by atoms with E-state index in [1.165, 1.54) is 4.57 Å².